The maximum Gasteiger partial charge on any atom is 0.154 e. The van der Waals surface area contributed by atoms with Gasteiger partial charge in [-0.3, -0.25) is 20.3 Å². The number of aromatic nitrogens is 1. The van der Waals surface area contributed by atoms with Crippen LogP contribution in [0.4, 0.5) is 5.69 Å². The molecule has 5 rings (SSSR count). The summed E-state index contributed by atoms with van der Waals surface area (Å²) in [4.78, 5) is 16.8. The van der Waals surface area contributed by atoms with Crippen LogP contribution in [0.1, 0.15) is 18.3 Å². The van der Waals surface area contributed by atoms with Crippen LogP contribution in [0.15, 0.2) is 36.5 Å². The van der Waals surface area contributed by atoms with Crippen molar-refractivity contribution in [1.29, 1.82) is 0 Å². The molecule has 3 unspecified atom stereocenters. The van der Waals surface area contributed by atoms with Crippen molar-refractivity contribution in [2.24, 2.45) is 0 Å². The topological polar surface area (TPSA) is 91.2 Å². The molecule has 1 aromatic carbocycles. The molecule has 2 fully saturated rings. The van der Waals surface area contributed by atoms with E-state index in [1.807, 2.05) is 30.5 Å². The highest BCUT2D eigenvalue weighted by Crippen LogP contribution is 2.29. The number of Topliss-reactive ketones (excluding diaryl/α,β-unsaturated/α-hetero) is 1. The number of aliphatic hydroxyl groups is 1. The quantitative estimate of drug-likeness (QED) is 0.529. The van der Waals surface area contributed by atoms with Crippen molar-refractivity contribution < 1.29 is 19.4 Å². The Kier molecular flexibility index (Phi) is 8.00. The molecule has 0 amide bonds. The third-order valence-corrected chi connectivity index (χ3v) is 6.81. The lowest BCUT2D eigenvalue weighted by molar-refractivity contribution is -0.124. The Labute approximate surface area is 206 Å². The highest BCUT2D eigenvalue weighted by atomic mass is 35.5. The summed E-state index contributed by atoms with van der Waals surface area (Å²) in [6.07, 6.45) is 1.86. The molecule has 9 nitrogen and oxygen atoms in total. The number of aliphatic hydroxyl groups excluding tert-OH is 1. The molecular formula is C24H34ClN5O4. The molecule has 0 saturated carbocycles. The van der Waals surface area contributed by atoms with E-state index >= 15 is 0 Å². The van der Waals surface area contributed by atoms with Crippen molar-refractivity contribution in [2.45, 2.75) is 31.3 Å². The Bertz CT molecular complexity index is 978. The first kappa shape index (κ1) is 24.8. The Morgan fingerprint density at radius 2 is 1.97 bits per heavy atom. The van der Waals surface area contributed by atoms with Gasteiger partial charge in [-0.05, 0) is 12.1 Å². The van der Waals surface area contributed by atoms with E-state index in [2.05, 4.69) is 31.1 Å². The van der Waals surface area contributed by atoms with Crippen LogP contribution in [-0.4, -0.2) is 85.5 Å². The molecule has 3 aliphatic rings. The van der Waals surface area contributed by atoms with Crippen LogP contribution in [-0.2, 0) is 11.3 Å². The number of β-amino-alcohol motifs (C(OH)–C–C–N with tert-alkyl or cyclic N) is 1. The molecule has 3 N–H and O–H groups in total. The third-order valence-electron chi connectivity index (χ3n) is 6.81. The highest BCUT2D eigenvalue weighted by Gasteiger charge is 2.36. The van der Waals surface area contributed by atoms with Gasteiger partial charge in [0.2, 0.25) is 0 Å². The fourth-order valence-electron chi connectivity index (χ4n) is 5.07. The van der Waals surface area contributed by atoms with Crippen molar-refractivity contribution in [3.05, 3.63) is 42.2 Å². The molecule has 34 heavy (non-hydrogen) atoms. The van der Waals surface area contributed by atoms with Gasteiger partial charge >= 0.3 is 0 Å². The molecule has 186 valence electrons. The highest BCUT2D eigenvalue weighted by molar-refractivity contribution is 5.86. The average molecular weight is 492 g/mol. The summed E-state index contributed by atoms with van der Waals surface area (Å²) >= 11 is 0. The molecule has 0 bridgehead atoms. The number of halogens is 1. The predicted molar refractivity (Wildman–Crippen MR) is 132 cm³/mol. The molecule has 4 heterocycles. The van der Waals surface area contributed by atoms with E-state index in [1.165, 1.54) is 0 Å². The minimum Gasteiger partial charge on any atom is -0.495 e. The summed E-state index contributed by atoms with van der Waals surface area (Å²) in [5.74, 6) is 1.87. The van der Waals surface area contributed by atoms with Crippen LogP contribution in [0, 0.1) is 0 Å². The minimum atomic E-state index is -0.569. The second kappa shape index (κ2) is 11.0. The number of fused-ring (bicyclic) bond motifs is 3. The van der Waals surface area contributed by atoms with Crippen LogP contribution in [0.3, 0.4) is 0 Å². The third kappa shape index (κ3) is 5.18. The first-order valence-corrected chi connectivity index (χ1v) is 11.7. The molecule has 0 radical (unpaired) electrons. The van der Waals surface area contributed by atoms with E-state index in [0.29, 0.717) is 26.1 Å². The zero-order valence-electron chi connectivity index (χ0n) is 19.5. The number of hydrogen-bond acceptors (Lipinski definition) is 8. The van der Waals surface area contributed by atoms with Crippen LogP contribution >= 0.6 is 12.4 Å². The van der Waals surface area contributed by atoms with E-state index in [0.717, 1.165) is 49.1 Å². The standard InChI is InChI=1S/C24H33N5O4.ClH/c1-32-22-5-3-2-4-20(22)28-10-8-27(9-11-28)14-18(30)16-33-19-12-17-13-26-23-21(31)6-7-25-24(23)29(17)15-19;/h2-5,12,15,18,23-26,30H,6-11,13-14,16H2,1H3;1H. The number of carbonyl (C=O) groups excluding carboxylic acids is 1. The molecule has 2 aromatic rings. The zero-order chi connectivity index (χ0) is 22.8. The van der Waals surface area contributed by atoms with Gasteiger partial charge in [0.05, 0.1) is 12.8 Å². The molecule has 3 aliphatic heterocycles. The van der Waals surface area contributed by atoms with Gasteiger partial charge in [0.15, 0.2) is 5.78 Å². The Morgan fingerprint density at radius 3 is 2.76 bits per heavy atom. The number of nitrogens with one attached hydrogen (secondary N) is 2. The zero-order valence-corrected chi connectivity index (χ0v) is 20.3. The number of carbonyl (C=O) groups is 1. The molecule has 1 aromatic heterocycles. The number of benzene rings is 1. The summed E-state index contributed by atoms with van der Waals surface area (Å²) in [7, 11) is 1.70. The number of ether oxygens (including phenoxy) is 2. The summed E-state index contributed by atoms with van der Waals surface area (Å²) < 4.78 is 13.5. The normalized spacial score (nSPS) is 23.5. The van der Waals surface area contributed by atoms with Crippen LogP contribution in [0.5, 0.6) is 11.5 Å². The number of para-hydroxylation sites is 2. The summed E-state index contributed by atoms with van der Waals surface area (Å²) in [5.41, 5.74) is 2.20. The number of nitrogens with zero attached hydrogens (tertiary/aromatic N) is 3. The van der Waals surface area contributed by atoms with Gasteiger partial charge < -0.3 is 24.0 Å². The lowest BCUT2D eigenvalue weighted by Gasteiger charge is -2.37. The largest absolute Gasteiger partial charge is 0.495 e. The summed E-state index contributed by atoms with van der Waals surface area (Å²) in [5, 5.41) is 17.3. The molecule has 0 aliphatic carbocycles. The number of piperazine rings is 1. The molecule has 2 saturated heterocycles. The summed E-state index contributed by atoms with van der Waals surface area (Å²) in [6.45, 7) is 5.69. The lowest BCUT2D eigenvalue weighted by Crippen LogP contribution is -2.56. The lowest BCUT2D eigenvalue weighted by atomic mass is 10.0. The van der Waals surface area contributed by atoms with Crippen molar-refractivity contribution in [3.63, 3.8) is 0 Å². The minimum absolute atomic E-state index is 0. The molecule has 10 heteroatoms. The number of anilines is 1. The van der Waals surface area contributed by atoms with Gasteiger partial charge in [-0.1, -0.05) is 12.1 Å². The first-order chi connectivity index (χ1) is 16.1. The Hall–Kier alpha value is -2.30. The van der Waals surface area contributed by atoms with E-state index in [4.69, 9.17) is 9.47 Å². The van der Waals surface area contributed by atoms with Gasteiger partial charge in [0.25, 0.3) is 0 Å². The maximum atomic E-state index is 12.2. The van der Waals surface area contributed by atoms with Gasteiger partial charge in [0, 0.05) is 70.2 Å². The Balaban J connectivity index is 0.00000274. The SMILES string of the molecule is COc1ccccc1N1CCN(CC(O)COc2cc3n(c2)C2NCCC(=O)C2NC3)CC1.Cl. The van der Waals surface area contributed by atoms with Crippen molar-refractivity contribution in [2.75, 3.05) is 57.9 Å². The van der Waals surface area contributed by atoms with Crippen molar-refractivity contribution in [1.82, 2.24) is 20.1 Å². The van der Waals surface area contributed by atoms with Crippen LogP contribution < -0.4 is 25.0 Å². The molecule has 3 atom stereocenters. The van der Waals surface area contributed by atoms with E-state index in [-0.39, 0.29) is 37.0 Å². The van der Waals surface area contributed by atoms with E-state index in [9.17, 15) is 9.90 Å². The fourth-order valence-corrected chi connectivity index (χ4v) is 5.07. The van der Waals surface area contributed by atoms with Gasteiger partial charge in [-0.15, -0.1) is 12.4 Å². The number of methoxy groups -OCH3 is 1. The number of hydrogen-bond donors (Lipinski definition) is 3. The average Bonchev–Trinajstić information content (AvgIpc) is 3.27. The van der Waals surface area contributed by atoms with E-state index < -0.39 is 6.10 Å². The fraction of sp³-hybridized carbons (Fsp3) is 0.542. The van der Waals surface area contributed by atoms with Crippen molar-refractivity contribution in [3.8, 4) is 11.5 Å². The molecular weight excluding hydrogens is 458 g/mol. The van der Waals surface area contributed by atoms with Gasteiger partial charge in [0.1, 0.15) is 36.4 Å². The second-order valence-electron chi connectivity index (χ2n) is 8.97. The van der Waals surface area contributed by atoms with E-state index in [1.54, 1.807) is 7.11 Å². The van der Waals surface area contributed by atoms with Gasteiger partial charge in [-0.25, -0.2) is 0 Å². The second-order valence-corrected chi connectivity index (χ2v) is 8.97. The number of ketones is 1. The summed E-state index contributed by atoms with van der Waals surface area (Å²) in [6, 6.07) is 9.89. The van der Waals surface area contributed by atoms with Crippen LogP contribution in [0.2, 0.25) is 0 Å². The predicted octanol–water partition coefficient (Wildman–Crippen LogP) is 1.01. The van der Waals surface area contributed by atoms with Crippen LogP contribution in [0.25, 0.3) is 0 Å². The first-order valence-electron chi connectivity index (χ1n) is 11.7. The molecule has 0 spiro atoms. The Morgan fingerprint density at radius 1 is 1.18 bits per heavy atom. The van der Waals surface area contributed by atoms with Crippen molar-refractivity contribution >= 4 is 23.9 Å². The number of rotatable bonds is 7. The maximum absolute atomic E-state index is 12.2. The monoisotopic (exact) mass is 491 g/mol. The smallest absolute Gasteiger partial charge is 0.154 e. The van der Waals surface area contributed by atoms with Gasteiger partial charge in [-0.2, -0.15) is 0 Å². The number of piperidine rings is 1.